The van der Waals surface area contributed by atoms with Crippen LogP contribution in [0.1, 0.15) is 39.7 Å². The molecule has 0 fully saturated rings. The van der Waals surface area contributed by atoms with Crippen molar-refractivity contribution in [1.82, 2.24) is 9.62 Å². The lowest BCUT2D eigenvalue weighted by Crippen LogP contribution is -2.42. The van der Waals surface area contributed by atoms with Crippen molar-refractivity contribution in [3.63, 3.8) is 0 Å². The number of amides is 1. The lowest BCUT2D eigenvalue weighted by Gasteiger charge is -2.29. The molecule has 1 aliphatic heterocycles. The number of likely N-dealkylation sites (N-methyl/N-ethyl adjacent to an activating group) is 1. The minimum atomic E-state index is -3.56. The molecule has 0 saturated carbocycles. The second kappa shape index (κ2) is 8.29. The van der Waals surface area contributed by atoms with Crippen molar-refractivity contribution in [2.45, 2.75) is 51.5 Å². The zero-order chi connectivity index (χ0) is 18.6. The number of nitrogens with one attached hydrogen (secondary N) is 1. The summed E-state index contributed by atoms with van der Waals surface area (Å²) in [6.07, 6.45) is 1.64. The number of rotatable bonds is 7. The Bertz CT molecular complexity index is 714. The molecule has 0 radical (unpaired) electrons. The second-order valence-corrected chi connectivity index (χ2v) is 8.25. The quantitative estimate of drug-likeness (QED) is 0.800. The fourth-order valence-electron chi connectivity index (χ4n) is 3.36. The molecule has 6 nitrogen and oxygen atoms in total. The maximum absolute atomic E-state index is 12.6. The first-order valence-electron chi connectivity index (χ1n) is 8.94. The minimum absolute atomic E-state index is 0.0114. The second-order valence-electron chi connectivity index (χ2n) is 6.49. The van der Waals surface area contributed by atoms with E-state index in [4.69, 9.17) is 0 Å². The molecule has 1 aliphatic rings. The summed E-state index contributed by atoms with van der Waals surface area (Å²) in [7, 11) is -3.56. The lowest BCUT2D eigenvalue weighted by atomic mass is 10.0. The number of benzene rings is 1. The number of hydrogen-bond donors (Lipinski definition) is 1. The number of fused-ring (bicyclic) bond motifs is 1. The van der Waals surface area contributed by atoms with Gasteiger partial charge in [0.15, 0.2) is 0 Å². The highest BCUT2D eigenvalue weighted by atomic mass is 32.2. The fourth-order valence-corrected chi connectivity index (χ4v) is 4.53. The molecule has 0 spiro atoms. The molecule has 0 aromatic heterocycles. The highest BCUT2D eigenvalue weighted by Gasteiger charge is 2.23. The van der Waals surface area contributed by atoms with Crippen molar-refractivity contribution in [3.05, 3.63) is 23.8 Å². The predicted octanol–water partition coefficient (Wildman–Crippen LogP) is 1.99. The van der Waals surface area contributed by atoms with E-state index in [1.807, 2.05) is 6.92 Å². The SMILES string of the molecule is CCN(CC)C(C)CNS(=O)(=O)c1ccc2c(c1)CCCN2C(C)=O. The van der Waals surface area contributed by atoms with Gasteiger partial charge in [0.25, 0.3) is 0 Å². The van der Waals surface area contributed by atoms with Gasteiger partial charge in [-0.1, -0.05) is 13.8 Å². The lowest BCUT2D eigenvalue weighted by molar-refractivity contribution is -0.116. The molecule has 1 atom stereocenters. The van der Waals surface area contributed by atoms with Crippen LogP contribution in [0.4, 0.5) is 5.69 Å². The van der Waals surface area contributed by atoms with Crippen LogP contribution in [0.3, 0.4) is 0 Å². The molecule has 0 aliphatic carbocycles. The van der Waals surface area contributed by atoms with Gasteiger partial charge in [0.2, 0.25) is 15.9 Å². The van der Waals surface area contributed by atoms with Crippen LogP contribution in [-0.2, 0) is 21.2 Å². The van der Waals surface area contributed by atoms with Gasteiger partial charge in [0.1, 0.15) is 0 Å². The Kier molecular flexibility index (Phi) is 6.59. The molecular formula is C18H29N3O3S. The van der Waals surface area contributed by atoms with Crippen LogP contribution in [0.15, 0.2) is 23.1 Å². The van der Waals surface area contributed by atoms with Crippen LogP contribution >= 0.6 is 0 Å². The first-order chi connectivity index (χ1) is 11.8. The van der Waals surface area contributed by atoms with Gasteiger partial charge in [-0.05, 0) is 56.6 Å². The summed E-state index contributed by atoms with van der Waals surface area (Å²) in [5, 5.41) is 0. The van der Waals surface area contributed by atoms with Gasteiger partial charge in [-0.2, -0.15) is 0 Å². The molecule has 140 valence electrons. The molecular weight excluding hydrogens is 338 g/mol. The summed E-state index contributed by atoms with van der Waals surface area (Å²) in [5.74, 6) is -0.0114. The molecule has 1 heterocycles. The summed E-state index contributed by atoms with van der Waals surface area (Å²) in [4.78, 5) is 15.9. The third-order valence-corrected chi connectivity index (χ3v) is 6.29. The fraction of sp³-hybridized carbons (Fsp3) is 0.611. The molecule has 1 unspecified atom stereocenters. The van der Waals surface area contributed by atoms with Crippen LogP contribution in [0.2, 0.25) is 0 Å². The smallest absolute Gasteiger partial charge is 0.240 e. The van der Waals surface area contributed by atoms with E-state index in [1.54, 1.807) is 23.1 Å². The Morgan fingerprint density at radius 1 is 1.32 bits per heavy atom. The molecule has 0 saturated heterocycles. The molecule has 1 N–H and O–H groups in total. The van der Waals surface area contributed by atoms with Gasteiger partial charge in [0, 0.05) is 31.7 Å². The van der Waals surface area contributed by atoms with Crippen molar-refractivity contribution in [1.29, 1.82) is 0 Å². The number of hydrogen-bond acceptors (Lipinski definition) is 4. The number of anilines is 1. The van der Waals surface area contributed by atoms with E-state index in [0.717, 1.165) is 37.2 Å². The van der Waals surface area contributed by atoms with E-state index in [0.29, 0.717) is 13.1 Å². The van der Waals surface area contributed by atoms with E-state index in [9.17, 15) is 13.2 Å². The Morgan fingerprint density at radius 3 is 2.60 bits per heavy atom. The number of sulfonamides is 1. The summed E-state index contributed by atoms with van der Waals surface area (Å²) < 4.78 is 28.0. The van der Waals surface area contributed by atoms with Crippen molar-refractivity contribution in [3.8, 4) is 0 Å². The Morgan fingerprint density at radius 2 is 2.00 bits per heavy atom. The van der Waals surface area contributed by atoms with Gasteiger partial charge in [-0.25, -0.2) is 13.1 Å². The van der Waals surface area contributed by atoms with Crippen LogP contribution in [0.5, 0.6) is 0 Å². The molecule has 25 heavy (non-hydrogen) atoms. The normalized spacial score (nSPS) is 16.0. The summed E-state index contributed by atoms with van der Waals surface area (Å²) in [6.45, 7) is 10.5. The third-order valence-electron chi connectivity index (χ3n) is 4.86. The maximum Gasteiger partial charge on any atom is 0.240 e. The average molecular weight is 368 g/mol. The van der Waals surface area contributed by atoms with Gasteiger partial charge in [0.05, 0.1) is 4.90 Å². The Labute approximate surface area is 151 Å². The van der Waals surface area contributed by atoms with Gasteiger partial charge in [-0.3, -0.25) is 9.69 Å². The molecule has 1 aromatic rings. The molecule has 2 rings (SSSR count). The number of aryl methyl sites for hydroxylation is 1. The standard InChI is InChI=1S/C18H29N3O3S/c1-5-20(6-2)14(3)13-19-25(23,24)17-9-10-18-16(12-17)8-7-11-21(18)15(4)22/h9-10,12,14,19H,5-8,11,13H2,1-4H3. The van der Waals surface area contributed by atoms with Crippen LogP contribution < -0.4 is 9.62 Å². The third kappa shape index (κ3) is 4.59. The van der Waals surface area contributed by atoms with E-state index in [2.05, 4.69) is 23.5 Å². The van der Waals surface area contributed by atoms with Gasteiger partial charge in [-0.15, -0.1) is 0 Å². The summed E-state index contributed by atoms with van der Waals surface area (Å²) in [5.41, 5.74) is 1.75. The monoisotopic (exact) mass is 367 g/mol. The number of carbonyl (C=O) groups is 1. The highest BCUT2D eigenvalue weighted by Crippen LogP contribution is 2.29. The van der Waals surface area contributed by atoms with Crippen molar-refractivity contribution in [2.75, 3.05) is 31.1 Å². The van der Waals surface area contributed by atoms with E-state index >= 15 is 0 Å². The Hall–Kier alpha value is -1.44. The largest absolute Gasteiger partial charge is 0.312 e. The van der Waals surface area contributed by atoms with E-state index in [-0.39, 0.29) is 16.8 Å². The molecule has 1 aromatic carbocycles. The highest BCUT2D eigenvalue weighted by molar-refractivity contribution is 7.89. The molecule has 1 amide bonds. The average Bonchev–Trinajstić information content (AvgIpc) is 2.60. The summed E-state index contributed by atoms with van der Waals surface area (Å²) >= 11 is 0. The van der Waals surface area contributed by atoms with Crippen LogP contribution in [-0.4, -0.2) is 51.4 Å². The first-order valence-corrected chi connectivity index (χ1v) is 10.4. The molecule has 7 heteroatoms. The predicted molar refractivity (Wildman–Crippen MR) is 100 cm³/mol. The molecule has 0 bridgehead atoms. The van der Waals surface area contributed by atoms with Crippen LogP contribution in [0, 0.1) is 0 Å². The zero-order valence-corrected chi connectivity index (χ0v) is 16.4. The van der Waals surface area contributed by atoms with Gasteiger partial charge < -0.3 is 4.90 Å². The van der Waals surface area contributed by atoms with Crippen molar-refractivity contribution in [2.24, 2.45) is 0 Å². The number of nitrogens with zero attached hydrogens (tertiary/aromatic N) is 2. The minimum Gasteiger partial charge on any atom is -0.312 e. The van der Waals surface area contributed by atoms with Crippen molar-refractivity contribution >= 4 is 21.6 Å². The van der Waals surface area contributed by atoms with E-state index in [1.165, 1.54) is 6.92 Å². The van der Waals surface area contributed by atoms with Crippen molar-refractivity contribution < 1.29 is 13.2 Å². The topological polar surface area (TPSA) is 69.7 Å². The number of carbonyl (C=O) groups excluding carboxylic acids is 1. The zero-order valence-electron chi connectivity index (χ0n) is 15.6. The summed E-state index contributed by atoms with van der Waals surface area (Å²) in [6, 6.07) is 5.17. The maximum atomic E-state index is 12.6. The Balaban J connectivity index is 2.16. The first kappa shape index (κ1) is 19.9. The van der Waals surface area contributed by atoms with Gasteiger partial charge >= 0.3 is 0 Å². The van der Waals surface area contributed by atoms with E-state index < -0.39 is 10.0 Å². The van der Waals surface area contributed by atoms with Crippen LogP contribution in [0.25, 0.3) is 0 Å².